The minimum absolute atomic E-state index is 0.422. The second-order valence-corrected chi connectivity index (χ2v) is 9.12. The first-order valence-corrected chi connectivity index (χ1v) is 10.0. The van der Waals surface area contributed by atoms with Gasteiger partial charge in [0.1, 0.15) is 0 Å². The number of hydrazine groups is 1. The van der Waals surface area contributed by atoms with Crippen molar-refractivity contribution in [3.05, 3.63) is 22.7 Å². The maximum atomic E-state index is 12.1. The Kier molecular flexibility index (Phi) is 6.55. The highest BCUT2D eigenvalue weighted by Gasteiger charge is 2.33. The Labute approximate surface area is 151 Å². The SMILES string of the molecule is CCN(C(C)(C)CN(C)c1cc(Cl)cc(N(C)N)c1C)S(C)(=O)=O. The lowest BCUT2D eigenvalue weighted by Crippen LogP contribution is -2.53. The van der Waals surface area contributed by atoms with Crippen molar-refractivity contribution >= 4 is 33.0 Å². The molecule has 0 heterocycles. The molecule has 0 aliphatic heterocycles. The molecule has 0 unspecified atom stereocenters. The molecule has 0 saturated heterocycles. The molecule has 0 bridgehead atoms. The van der Waals surface area contributed by atoms with Gasteiger partial charge in [0, 0.05) is 43.4 Å². The summed E-state index contributed by atoms with van der Waals surface area (Å²) in [6, 6.07) is 3.69. The van der Waals surface area contributed by atoms with Crippen LogP contribution < -0.4 is 15.8 Å². The smallest absolute Gasteiger partial charge is 0.211 e. The van der Waals surface area contributed by atoms with Crippen molar-refractivity contribution in [3.63, 3.8) is 0 Å². The van der Waals surface area contributed by atoms with Gasteiger partial charge in [0.2, 0.25) is 10.0 Å². The largest absolute Gasteiger partial charge is 0.372 e. The molecule has 0 amide bonds. The summed E-state index contributed by atoms with van der Waals surface area (Å²) in [4.78, 5) is 2.02. The van der Waals surface area contributed by atoms with Crippen LogP contribution in [0, 0.1) is 6.92 Å². The maximum Gasteiger partial charge on any atom is 0.211 e. The molecule has 0 aliphatic rings. The molecular formula is C16H29ClN4O2S. The van der Waals surface area contributed by atoms with Crippen LogP contribution in [0.1, 0.15) is 26.3 Å². The van der Waals surface area contributed by atoms with Crippen molar-refractivity contribution in [1.29, 1.82) is 0 Å². The van der Waals surface area contributed by atoms with Gasteiger partial charge in [-0.15, -0.1) is 0 Å². The van der Waals surface area contributed by atoms with Gasteiger partial charge in [0.05, 0.1) is 11.9 Å². The number of benzene rings is 1. The number of nitrogens with zero attached hydrogens (tertiary/aromatic N) is 3. The average Bonchev–Trinajstić information content (AvgIpc) is 2.38. The molecule has 0 aliphatic carbocycles. The highest BCUT2D eigenvalue weighted by Crippen LogP contribution is 2.33. The highest BCUT2D eigenvalue weighted by atomic mass is 35.5. The molecule has 0 aromatic heterocycles. The zero-order valence-corrected chi connectivity index (χ0v) is 17.2. The molecule has 8 heteroatoms. The summed E-state index contributed by atoms with van der Waals surface area (Å²) in [6.07, 6.45) is 1.24. The van der Waals surface area contributed by atoms with E-state index in [0.717, 1.165) is 16.9 Å². The Bertz CT molecular complexity index is 690. The summed E-state index contributed by atoms with van der Waals surface area (Å²) in [5.74, 6) is 5.88. The summed E-state index contributed by atoms with van der Waals surface area (Å²) < 4.78 is 25.6. The molecule has 0 radical (unpaired) electrons. The Morgan fingerprint density at radius 1 is 1.21 bits per heavy atom. The first-order valence-electron chi connectivity index (χ1n) is 7.78. The van der Waals surface area contributed by atoms with Crippen molar-refractivity contribution in [1.82, 2.24) is 4.31 Å². The van der Waals surface area contributed by atoms with E-state index in [9.17, 15) is 8.42 Å². The lowest BCUT2D eigenvalue weighted by atomic mass is 10.0. The van der Waals surface area contributed by atoms with E-state index in [0.29, 0.717) is 18.1 Å². The van der Waals surface area contributed by atoms with Gasteiger partial charge >= 0.3 is 0 Å². The first-order chi connectivity index (χ1) is 10.8. The fraction of sp³-hybridized carbons (Fsp3) is 0.625. The third-order valence-corrected chi connectivity index (χ3v) is 5.87. The van der Waals surface area contributed by atoms with E-state index in [1.807, 2.05) is 51.8 Å². The molecular weight excluding hydrogens is 348 g/mol. The van der Waals surface area contributed by atoms with E-state index in [-0.39, 0.29) is 0 Å². The minimum Gasteiger partial charge on any atom is -0.372 e. The van der Waals surface area contributed by atoms with E-state index in [4.69, 9.17) is 17.4 Å². The Balaban J connectivity index is 3.22. The van der Waals surface area contributed by atoms with Gasteiger partial charge in [-0.25, -0.2) is 14.3 Å². The molecule has 6 nitrogen and oxygen atoms in total. The van der Waals surface area contributed by atoms with Crippen molar-refractivity contribution in [3.8, 4) is 0 Å². The standard InChI is InChI=1S/C16H29ClN4O2S/c1-8-21(24(7,22)23)16(3,4)11-19(5)14-9-13(17)10-15(12(14)2)20(6)18/h9-10H,8,11,18H2,1-7H3. The predicted molar refractivity (Wildman–Crippen MR) is 103 cm³/mol. The lowest BCUT2D eigenvalue weighted by Gasteiger charge is -2.40. The van der Waals surface area contributed by atoms with Gasteiger partial charge in [-0.3, -0.25) is 0 Å². The van der Waals surface area contributed by atoms with Crippen molar-refractivity contribution in [2.24, 2.45) is 5.84 Å². The monoisotopic (exact) mass is 376 g/mol. The topological polar surface area (TPSA) is 69.9 Å². The Morgan fingerprint density at radius 3 is 2.12 bits per heavy atom. The molecule has 0 saturated carbocycles. The molecule has 2 N–H and O–H groups in total. The van der Waals surface area contributed by atoms with Crippen LogP contribution in [0.15, 0.2) is 12.1 Å². The van der Waals surface area contributed by atoms with Gasteiger partial charge in [-0.05, 0) is 38.5 Å². The number of hydrogen-bond acceptors (Lipinski definition) is 5. The number of sulfonamides is 1. The Hall–Kier alpha value is -1.02. The molecule has 1 aromatic carbocycles. The van der Waals surface area contributed by atoms with Gasteiger partial charge in [-0.1, -0.05) is 18.5 Å². The normalized spacial score (nSPS) is 12.6. The molecule has 24 heavy (non-hydrogen) atoms. The molecule has 0 atom stereocenters. The van der Waals surface area contributed by atoms with E-state index in [2.05, 4.69) is 0 Å². The van der Waals surface area contributed by atoms with Crippen LogP contribution in [0.5, 0.6) is 0 Å². The Morgan fingerprint density at radius 2 is 1.71 bits per heavy atom. The highest BCUT2D eigenvalue weighted by molar-refractivity contribution is 7.88. The van der Waals surface area contributed by atoms with E-state index in [1.165, 1.54) is 15.6 Å². The van der Waals surface area contributed by atoms with Crippen molar-refractivity contribution in [2.45, 2.75) is 33.2 Å². The van der Waals surface area contributed by atoms with Crippen LogP contribution in [0.2, 0.25) is 5.02 Å². The number of nitrogens with two attached hydrogens (primary N) is 1. The lowest BCUT2D eigenvalue weighted by molar-refractivity contribution is 0.243. The summed E-state index contributed by atoms with van der Waals surface area (Å²) in [5, 5.41) is 2.11. The van der Waals surface area contributed by atoms with E-state index in [1.54, 1.807) is 7.05 Å². The van der Waals surface area contributed by atoms with Crippen molar-refractivity contribution in [2.75, 3.05) is 43.3 Å². The van der Waals surface area contributed by atoms with Crippen LogP contribution in [0.25, 0.3) is 0 Å². The first kappa shape index (κ1) is 21.0. The van der Waals surface area contributed by atoms with Gasteiger partial charge in [0.15, 0.2) is 0 Å². The van der Waals surface area contributed by atoms with Crippen LogP contribution in [0.4, 0.5) is 11.4 Å². The molecule has 1 rings (SSSR count). The number of likely N-dealkylation sites (N-methyl/N-ethyl adjacent to an activating group) is 2. The van der Waals surface area contributed by atoms with Gasteiger partial charge < -0.3 is 9.91 Å². The summed E-state index contributed by atoms with van der Waals surface area (Å²) in [6.45, 7) is 8.60. The third kappa shape index (κ3) is 4.75. The summed E-state index contributed by atoms with van der Waals surface area (Å²) >= 11 is 6.23. The second kappa shape index (κ2) is 7.47. The van der Waals surface area contributed by atoms with Crippen LogP contribution in [-0.4, -0.2) is 51.7 Å². The third-order valence-electron chi connectivity index (χ3n) is 4.10. The summed E-state index contributed by atoms with van der Waals surface area (Å²) in [5.41, 5.74) is 2.18. The van der Waals surface area contributed by atoms with Gasteiger partial charge in [-0.2, -0.15) is 4.31 Å². The molecule has 0 fully saturated rings. The second-order valence-electron chi connectivity index (χ2n) is 6.78. The zero-order valence-electron chi connectivity index (χ0n) is 15.6. The number of anilines is 2. The quantitative estimate of drug-likeness (QED) is 0.584. The average molecular weight is 377 g/mol. The number of halogens is 1. The molecule has 138 valence electrons. The molecule has 0 spiro atoms. The summed E-state index contributed by atoms with van der Waals surface area (Å²) in [7, 11) is 0.398. The van der Waals surface area contributed by atoms with Crippen LogP contribution in [-0.2, 0) is 10.0 Å². The van der Waals surface area contributed by atoms with E-state index < -0.39 is 15.6 Å². The fourth-order valence-corrected chi connectivity index (χ4v) is 4.90. The predicted octanol–water partition coefficient (Wildman–Crippen LogP) is 2.45. The van der Waals surface area contributed by atoms with Crippen LogP contribution >= 0.6 is 11.6 Å². The van der Waals surface area contributed by atoms with Crippen molar-refractivity contribution < 1.29 is 8.42 Å². The zero-order chi connectivity index (χ0) is 18.9. The van der Waals surface area contributed by atoms with Gasteiger partial charge in [0.25, 0.3) is 0 Å². The number of rotatable bonds is 7. The van der Waals surface area contributed by atoms with E-state index >= 15 is 0 Å². The fourth-order valence-electron chi connectivity index (χ4n) is 3.27. The minimum atomic E-state index is -3.29. The number of hydrogen-bond donors (Lipinski definition) is 1. The van der Waals surface area contributed by atoms with Crippen LogP contribution in [0.3, 0.4) is 0 Å². The maximum absolute atomic E-state index is 12.1. The molecule has 1 aromatic rings.